The van der Waals surface area contributed by atoms with Crippen LogP contribution >= 0.6 is 11.8 Å². The van der Waals surface area contributed by atoms with Gasteiger partial charge in [-0.1, -0.05) is 24.3 Å². The van der Waals surface area contributed by atoms with Gasteiger partial charge in [-0.25, -0.2) is 4.98 Å². The molecule has 0 spiro atoms. The van der Waals surface area contributed by atoms with Crippen LogP contribution in [0.2, 0.25) is 0 Å². The third kappa shape index (κ3) is 4.25. The van der Waals surface area contributed by atoms with Gasteiger partial charge in [-0.2, -0.15) is 0 Å². The molecular formula is C16H19NO2S. The van der Waals surface area contributed by atoms with Crippen LogP contribution in [0.1, 0.15) is 11.1 Å². The van der Waals surface area contributed by atoms with Crippen LogP contribution in [-0.4, -0.2) is 28.6 Å². The second-order valence-corrected chi connectivity index (χ2v) is 5.71. The smallest absolute Gasteiger partial charge is 0.125 e. The number of nitrogens with zero attached hydrogens (tertiary/aromatic N) is 1. The monoisotopic (exact) mass is 289 g/mol. The topological polar surface area (TPSA) is 42.4 Å². The predicted molar refractivity (Wildman–Crippen MR) is 82.4 cm³/mol. The predicted octanol–water partition coefficient (Wildman–Crippen LogP) is 3.23. The molecule has 1 heterocycles. The molecule has 1 aromatic heterocycles. The number of rotatable bonds is 6. The maximum absolute atomic E-state index is 9.98. The van der Waals surface area contributed by atoms with E-state index in [9.17, 15) is 5.11 Å². The fourth-order valence-corrected chi connectivity index (χ4v) is 2.64. The second kappa shape index (κ2) is 7.31. The van der Waals surface area contributed by atoms with E-state index in [-0.39, 0.29) is 0 Å². The van der Waals surface area contributed by atoms with Crippen molar-refractivity contribution in [2.75, 3.05) is 12.4 Å². The number of hydrogen-bond acceptors (Lipinski definition) is 4. The van der Waals surface area contributed by atoms with Crippen LogP contribution in [-0.2, 0) is 0 Å². The minimum absolute atomic E-state index is 0.297. The number of hydrogen-bond donors (Lipinski definition) is 1. The molecule has 0 amide bonds. The molecule has 1 aromatic carbocycles. The number of ether oxygens (including phenoxy) is 1. The molecule has 0 saturated carbocycles. The molecule has 106 valence electrons. The molecule has 0 fully saturated rings. The normalized spacial score (nSPS) is 12.2. The average Bonchev–Trinajstić information content (AvgIpc) is 2.46. The van der Waals surface area contributed by atoms with Crippen LogP contribution in [0.5, 0.6) is 5.75 Å². The number of thioether (sulfide) groups is 1. The number of pyridine rings is 1. The lowest BCUT2D eigenvalue weighted by atomic mass is 10.1. The minimum Gasteiger partial charge on any atom is -0.490 e. The van der Waals surface area contributed by atoms with E-state index in [1.807, 2.05) is 50.2 Å². The van der Waals surface area contributed by atoms with E-state index in [2.05, 4.69) is 4.98 Å². The van der Waals surface area contributed by atoms with E-state index >= 15 is 0 Å². The van der Waals surface area contributed by atoms with Gasteiger partial charge in [-0.05, 0) is 37.1 Å². The third-order valence-electron chi connectivity index (χ3n) is 2.89. The van der Waals surface area contributed by atoms with Crippen LogP contribution in [0, 0.1) is 13.8 Å². The first-order chi connectivity index (χ1) is 9.66. The summed E-state index contributed by atoms with van der Waals surface area (Å²) in [7, 11) is 0. The molecule has 0 saturated heterocycles. The van der Waals surface area contributed by atoms with Gasteiger partial charge in [0.1, 0.15) is 12.4 Å². The Bertz CT molecular complexity index is 525. The highest BCUT2D eigenvalue weighted by atomic mass is 32.2. The summed E-state index contributed by atoms with van der Waals surface area (Å²) in [4.78, 5) is 4.21. The van der Waals surface area contributed by atoms with Crippen molar-refractivity contribution in [3.05, 3.63) is 53.7 Å². The first-order valence-electron chi connectivity index (χ1n) is 6.57. The zero-order valence-electron chi connectivity index (χ0n) is 11.7. The molecule has 0 bridgehead atoms. The van der Waals surface area contributed by atoms with E-state index in [0.29, 0.717) is 12.4 Å². The first-order valence-corrected chi connectivity index (χ1v) is 7.56. The van der Waals surface area contributed by atoms with Crippen molar-refractivity contribution >= 4 is 11.8 Å². The van der Waals surface area contributed by atoms with Crippen LogP contribution in [0.25, 0.3) is 0 Å². The molecule has 20 heavy (non-hydrogen) atoms. The largest absolute Gasteiger partial charge is 0.490 e. The molecule has 0 aliphatic rings. The summed E-state index contributed by atoms with van der Waals surface area (Å²) < 4.78 is 5.73. The highest BCUT2D eigenvalue weighted by Gasteiger charge is 2.09. The zero-order chi connectivity index (χ0) is 14.4. The van der Waals surface area contributed by atoms with Gasteiger partial charge in [-0.15, -0.1) is 11.8 Å². The first kappa shape index (κ1) is 14.9. The van der Waals surface area contributed by atoms with Gasteiger partial charge < -0.3 is 9.84 Å². The Morgan fingerprint density at radius 2 is 1.90 bits per heavy atom. The Labute approximate surface area is 124 Å². The van der Waals surface area contributed by atoms with Crippen LogP contribution in [0.3, 0.4) is 0 Å². The van der Waals surface area contributed by atoms with Crippen molar-refractivity contribution in [3.63, 3.8) is 0 Å². The lowest BCUT2D eigenvalue weighted by Gasteiger charge is -2.15. The van der Waals surface area contributed by atoms with Crippen molar-refractivity contribution in [1.82, 2.24) is 4.98 Å². The Balaban J connectivity index is 1.82. The summed E-state index contributed by atoms with van der Waals surface area (Å²) in [5.74, 6) is 1.44. The maximum atomic E-state index is 9.98. The van der Waals surface area contributed by atoms with Gasteiger partial charge in [0.05, 0.1) is 11.1 Å². The van der Waals surface area contributed by atoms with Gasteiger partial charge in [0, 0.05) is 11.9 Å². The summed E-state index contributed by atoms with van der Waals surface area (Å²) >= 11 is 1.53. The van der Waals surface area contributed by atoms with Crippen molar-refractivity contribution in [2.24, 2.45) is 0 Å². The summed E-state index contributed by atoms with van der Waals surface area (Å²) in [6.45, 7) is 4.32. The molecule has 0 radical (unpaired) electrons. The molecular weight excluding hydrogens is 270 g/mol. The fourth-order valence-electron chi connectivity index (χ4n) is 1.87. The maximum Gasteiger partial charge on any atom is 0.125 e. The Kier molecular flexibility index (Phi) is 5.44. The van der Waals surface area contributed by atoms with Gasteiger partial charge in [0.25, 0.3) is 0 Å². The Morgan fingerprint density at radius 3 is 2.55 bits per heavy atom. The van der Waals surface area contributed by atoms with Gasteiger partial charge >= 0.3 is 0 Å². The lowest BCUT2D eigenvalue weighted by Crippen LogP contribution is -2.20. The molecule has 0 unspecified atom stereocenters. The number of aromatic nitrogens is 1. The van der Waals surface area contributed by atoms with Crippen LogP contribution < -0.4 is 4.74 Å². The number of benzene rings is 1. The number of aliphatic hydroxyl groups is 1. The minimum atomic E-state index is -0.513. The quantitative estimate of drug-likeness (QED) is 0.829. The molecule has 0 aliphatic carbocycles. The van der Waals surface area contributed by atoms with Crippen molar-refractivity contribution in [3.8, 4) is 5.75 Å². The molecule has 2 rings (SSSR count). The molecule has 4 heteroatoms. The highest BCUT2D eigenvalue weighted by Crippen LogP contribution is 2.23. The Hall–Kier alpha value is -1.52. The SMILES string of the molecule is Cc1cccc(C)c1OC[C@@H](O)CSc1ccccn1. The van der Waals surface area contributed by atoms with Gasteiger partial charge in [0.2, 0.25) is 0 Å². The molecule has 1 atom stereocenters. The van der Waals surface area contributed by atoms with Crippen LogP contribution in [0.15, 0.2) is 47.6 Å². The lowest BCUT2D eigenvalue weighted by molar-refractivity contribution is 0.125. The van der Waals surface area contributed by atoms with Crippen molar-refractivity contribution < 1.29 is 9.84 Å². The van der Waals surface area contributed by atoms with E-state index in [1.54, 1.807) is 6.20 Å². The van der Waals surface area contributed by atoms with Crippen molar-refractivity contribution in [1.29, 1.82) is 0 Å². The van der Waals surface area contributed by atoms with E-state index in [0.717, 1.165) is 21.9 Å². The number of aryl methyl sites for hydroxylation is 2. The zero-order valence-corrected chi connectivity index (χ0v) is 12.6. The third-order valence-corrected chi connectivity index (χ3v) is 3.98. The highest BCUT2D eigenvalue weighted by molar-refractivity contribution is 7.99. The Morgan fingerprint density at radius 1 is 1.15 bits per heavy atom. The molecule has 0 aliphatic heterocycles. The number of aliphatic hydroxyl groups excluding tert-OH is 1. The van der Waals surface area contributed by atoms with Gasteiger partial charge in [0.15, 0.2) is 0 Å². The fraction of sp³-hybridized carbons (Fsp3) is 0.312. The average molecular weight is 289 g/mol. The van der Waals surface area contributed by atoms with E-state index < -0.39 is 6.10 Å². The van der Waals surface area contributed by atoms with E-state index in [1.165, 1.54) is 11.8 Å². The summed E-state index contributed by atoms with van der Waals surface area (Å²) in [5.41, 5.74) is 2.18. The summed E-state index contributed by atoms with van der Waals surface area (Å²) in [6, 6.07) is 11.8. The van der Waals surface area contributed by atoms with Crippen molar-refractivity contribution in [2.45, 2.75) is 25.0 Å². The molecule has 1 N–H and O–H groups in total. The molecule has 2 aromatic rings. The second-order valence-electron chi connectivity index (χ2n) is 4.66. The number of para-hydroxylation sites is 1. The van der Waals surface area contributed by atoms with E-state index in [4.69, 9.17) is 4.74 Å². The van der Waals surface area contributed by atoms with Gasteiger partial charge in [-0.3, -0.25) is 0 Å². The summed E-state index contributed by atoms with van der Waals surface area (Å²) in [6.07, 6.45) is 1.24. The standard InChI is InChI=1S/C16H19NO2S/c1-12-6-5-7-13(2)16(12)19-10-14(18)11-20-15-8-3-4-9-17-15/h3-9,14,18H,10-11H2,1-2H3/t14-/m1/s1. The summed E-state index contributed by atoms with van der Waals surface area (Å²) in [5, 5.41) is 10.9. The van der Waals surface area contributed by atoms with Crippen LogP contribution in [0.4, 0.5) is 0 Å². The molecule has 3 nitrogen and oxygen atoms in total.